The van der Waals surface area contributed by atoms with Crippen molar-refractivity contribution in [3.8, 4) is 16.3 Å². The largest absolute Gasteiger partial charge is 0.484 e. The summed E-state index contributed by atoms with van der Waals surface area (Å²) in [5, 5.41) is 12.9. The number of hydrogen-bond acceptors (Lipinski definition) is 6. The fourth-order valence-corrected chi connectivity index (χ4v) is 2.35. The highest BCUT2D eigenvalue weighted by atomic mass is 32.1. The molecular formula is C11H9N5O2S. The van der Waals surface area contributed by atoms with Crippen molar-refractivity contribution in [3.63, 3.8) is 0 Å². The third-order valence-corrected chi connectivity index (χ3v) is 3.33. The second-order valence-corrected chi connectivity index (χ2v) is 4.70. The van der Waals surface area contributed by atoms with Crippen molar-refractivity contribution >= 4 is 22.2 Å². The van der Waals surface area contributed by atoms with E-state index in [0.29, 0.717) is 5.75 Å². The number of rotatable bonds is 4. The molecule has 0 aliphatic rings. The van der Waals surface area contributed by atoms with E-state index < -0.39 is 5.91 Å². The van der Waals surface area contributed by atoms with Gasteiger partial charge in [0.15, 0.2) is 6.61 Å². The smallest absolute Gasteiger partial charge is 0.255 e. The Kier molecular flexibility index (Phi) is 2.84. The van der Waals surface area contributed by atoms with Gasteiger partial charge in [0.2, 0.25) is 4.96 Å². The van der Waals surface area contributed by atoms with Crippen molar-refractivity contribution in [2.24, 2.45) is 5.73 Å². The normalized spacial score (nSPS) is 10.7. The Hall–Kier alpha value is -2.48. The number of nitrogens with two attached hydrogens (primary N) is 1. The number of ether oxygens (including phenoxy) is 1. The van der Waals surface area contributed by atoms with Crippen LogP contribution in [0.5, 0.6) is 5.75 Å². The molecule has 0 fully saturated rings. The molecule has 0 aliphatic carbocycles. The minimum atomic E-state index is -0.502. The first-order chi connectivity index (χ1) is 9.22. The zero-order valence-electron chi connectivity index (χ0n) is 9.68. The summed E-state index contributed by atoms with van der Waals surface area (Å²) in [4.78, 5) is 11.3. The summed E-state index contributed by atoms with van der Waals surface area (Å²) >= 11 is 1.44. The molecule has 19 heavy (non-hydrogen) atoms. The number of hydrogen-bond donors (Lipinski definition) is 1. The summed E-state index contributed by atoms with van der Waals surface area (Å²) in [5.41, 5.74) is 5.95. The maximum absolute atomic E-state index is 10.6. The lowest BCUT2D eigenvalue weighted by Crippen LogP contribution is -2.19. The van der Waals surface area contributed by atoms with E-state index in [1.807, 2.05) is 12.1 Å². The molecule has 3 rings (SSSR count). The Morgan fingerprint density at radius 2 is 2.16 bits per heavy atom. The van der Waals surface area contributed by atoms with Crippen molar-refractivity contribution in [2.75, 3.05) is 6.61 Å². The fourth-order valence-electron chi connectivity index (χ4n) is 1.52. The lowest BCUT2D eigenvalue weighted by molar-refractivity contribution is -0.119. The van der Waals surface area contributed by atoms with Gasteiger partial charge < -0.3 is 10.5 Å². The third kappa shape index (κ3) is 2.38. The molecule has 96 valence electrons. The summed E-state index contributed by atoms with van der Waals surface area (Å²) in [5.74, 6) is 0.0864. The van der Waals surface area contributed by atoms with E-state index in [0.717, 1.165) is 15.5 Å². The second-order valence-electron chi connectivity index (χ2n) is 3.74. The van der Waals surface area contributed by atoms with Crippen molar-refractivity contribution in [2.45, 2.75) is 0 Å². The number of nitrogens with zero attached hydrogens (tertiary/aromatic N) is 4. The van der Waals surface area contributed by atoms with Crippen LogP contribution in [-0.4, -0.2) is 32.3 Å². The molecule has 0 atom stereocenters. The van der Waals surface area contributed by atoms with Crippen LogP contribution in [-0.2, 0) is 4.79 Å². The first-order valence-electron chi connectivity index (χ1n) is 5.41. The summed E-state index contributed by atoms with van der Waals surface area (Å²) in [6.45, 7) is -0.129. The van der Waals surface area contributed by atoms with Gasteiger partial charge in [0.25, 0.3) is 5.91 Å². The minimum absolute atomic E-state index is 0.129. The minimum Gasteiger partial charge on any atom is -0.484 e. The number of aromatic nitrogens is 4. The monoisotopic (exact) mass is 275 g/mol. The van der Waals surface area contributed by atoms with Gasteiger partial charge in [-0.1, -0.05) is 11.3 Å². The average Bonchev–Trinajstić information content (AvgIpc) is 2.97. The van der Waals surface area contributed by atoms with Gasteiger partial charge in [-0.15, -0.1) is 10.2 Å². The number of benzene rings is 1. The molecule has 2 N–H and O–H groups in total. The highest BCUT2D eigenvalue weighted by Crippen LogP contribution is 2.26. The summed E-state index contributed by atoms with van der Waals surface area (Å²) in [6, 6.07) is 7.26. The molecule has 0 bridgehead atoms. The fraction of sp³-hybridized carbons (Fsp3) is 0.0909. The molecule has 2 heterocycles. The van der Waals surface area contributed by atoms with E-state index in [1.165, 1.54) is 11.3 Å². The maximum Gasteiger partial charge on any atom is 0.255 e. The van der Waals surface area contributed by atoms with Crippen LogP contribution in [0.15, 0.2) is 30.6 Å². The number of carbonyl (C=O) groups is 1. The lowest BCUT2D eigenvalue weighted by atomic mass is 10.2. The SMILES string of the molecule is NC(=O)COc1ccc(-c2nn3cnnc3s2)cc1. The van der Waals surface area contributed by atoms with Crippen LogP contribution < -0.4 is 10.5 Å². The molecule has 8 heteroatoms. The first-order valence-corrected chi connectivity index (χ1v) is 6.22. The highest BCUT2D eigenvalue weighted by Gasteiger charge is 2.07. The number of fused-ring (bicyclic) bond motifs is 1. The topological polar surface area (TPSA) is 95.4 Å². The maximum atomic E-state index is 10.6. The van der Waals surface area contributed by atoms with Gasteiger partial charge in [-0.05, 0) is 24.3 Å². The molecule has 0 saturated heterocycles. The molecule has 7 nitrogen and oxygen atoms in total. The average molecular weight is 275 g/mol. The zero-order chi connectivity index (χ0) is 13.2. The van der Waals surface area contributed by atoms with Crippen LogP contribution >= 0.6 is 11.3 Å². The van der Waals surface area contributed by atoms with Gasteiger partial charge in [-0.2, -0.15) is 9.61 Å². The second kappa shape index (κ2) is 4.65. The molecule has 0 unspecified atom stereocenters. The van der Waals surface area contributed by atoms with Crippen molar-refractivity contribution in [1.82, 2.24) is 19.8 Å². The third-order valence-electron chi connectivity index (χ3n) is 2.37. The van der Waals surface area contributed by atoms with E-state index >= 15 is 0 Å². The Labute approximate surface area is 111 Å². The lowest BCUT2D eigenvalue weighted by Gasteiger charge is -2.03. The van der Waals surface area contributed by atoms with Gasteiger partial charge in [0, 0.05) is 5.56 Å². The number of amides is 1. The van der Waals surface area contributed by atoms with Gasteiger partial charge >= 0.3 is 0 Å². The summed E-state index contributed by atoms with van der Waals surface area (Å²) in [7, 11) is 0. The van der Waals surface area contributed by atoms with E-state index in [2.05, 4.69) is 15.3 Å². The van der Waals surface area contributed by atoms with Crippen LogP contribution in [0.4, 0.5) is 0 Å². The predicted molar refractivity (Wildman–Crippen MR) is 68.8 cm³/mol. The van der Waals surface area contributed by atoms with Gasteiger partial charge in [0.1, 0.15) is 17.1 Å². The Morgan fingerprint density at radius 3 is 2.84 bits per heavy atom. The highest BCUT2D eigenvalue weighted by molar-refractivity contribution is 7.19. The summed E-state index contributed by atoms with van der Waals surface area (Å²) in [6.07, 6.45) is 1.56. The molecule has 1 amide bonds. The number of primary amides is 1. The van der Waals surface area contributed by atoms with Gasteiger partial charge in [-0.3, -0.25) is 4.79 Å². The van der Waals surface area contributed by atoms with Crippen LogP contribution in [0.25, 0.3) is 15.5 Å². The van der Waals surface area contributed by atoms with Crippen LogP contribution in [0.3, 0.4) is 0 Å². The van der Waals surface area contributed by atoms with Crippen molar-refractivity contribution in [3.05, 3.63) is 30.6 Å². The Balaban J connectivity index is 1.82. The van der Waals surface area contributed by atoms with Crippen molar-refractivity contribution < 1.29 is 9.53 Å². The first kappa shape index (κ1) is 11.6. The van der Waals surface area contributed by atoms with E-state index in [1.54, 1.807) is 23.0 Å². The van der Waals surface area contributed by atoms with E-state index in [-0.39, 0.29) is 6.61 Å². The molecule has 0 aliphatic heterocycles. The van der Waals surface area contributed by atoms with Crippen molar-refractivity contribution in [1.29, 1.82) is 0 Å². The molecule has 0 spiro atoms. The van der Waals surface area contributed by atoms with Gasteiger partial charge in [0.05, 0.1) is 0 Å². The summed E-state index contributed by atoms with van der Waals surface area (Å²) < 4.78 is 6.81. The van der Waals surface area contributed by atoms with Crippen LogP contribution in [0.1, 0.15) is 0 Å². The van der Waals surface area contributed by atoms with Crippen LogP contribution in [0.2, 0.25) is 0 Å². The molecule has 0 radical (unpaired) electrons. The predicted octanol–water partition coefficient (Wildman–Crippen LogP) is 0.717. The van der Waals surface area contributed by atoms with E-state index in [4.69, 9.17) is 10.5 Å². The molecule has 3 aromatic rings. The molecule has 0 saturated carbocycles. The quantitative estimate of drug-likeness (QED) is 0.756. The zero-order valence-corrected chi connectivity index (χ0v) is 10.5. The molecule has 2 aromatic heterocycles. The molecule has 1 aromatic carbocycles. The van der Waals surface area contributed by atoms with Gasteiger partial charge in [-0.25, -0.2) is 0 Å². The Bertz CT molecular complexity index is 690. The number of carbonyl (C=O) groups excluding carboxylic acids is 1. The Morgan fingerprint density at radius 1 is 1.37 bits per heavy atom. The van der Waals surface area contributed by atoms with E-state index in [9.17, 15) is 4.79 Å². The van der Waals surface area contributed by atoms with Crippen LogP contribution in [0, 0.1) is 0 Å². The standard InChI is InChI=1S/C11H9N5O2S/c12-9(17)5-18-8-3-1-7(2-4-8)10-15-16-6-13-14-11(16)19-10/h1-4,6H,5H2,(H2,12,17). The molecular weight excluding hydrogens is 266 g/mol.